The van der Waals surface area contributed by atoms with E-state index in [0.29, 0.717) is 26.2 Å². The van der Waals surface area contributed by atoms with Crippen molar-refractivity contribution in [3.63, 3.8) is 0 Å². The molecule has 2 heterocycles. The van der Waals surface area contributed by atoms with Gasteiger partial charge in [0.2, 0.25) is 11.8 Å². The summed E-state index contributed by atoms with van der Waals surface area (Å²) in [6.07, 6.45) is 5.31. The molecule has 0 radical (unpaired) electrons. The second-order valence-corrected chi connectivity index (χ2v) is 4.99. The highest BCUT2D eigenvalue weighted by Gasteiger charge is 2.20. The zero-order chi connectivity index (χ0) is 12.8. The maximum atomic E-state index is 11.5. The van der Waals surface area contributed by atoms with Crippen LogP contribution in [-0.2, 0) is 14.3 Å². The maximum absolute atomic E-state index is 11.5. The number of ether oxygens (including phenoxy) is 1. The fourth-order valence-corrected chi connectivity index (χ4v) is 2.47. The van der Waals surface area contributed by atoms with Crippen LogP contribution in [0.25, 0.3) is 0 Å². The highest BCUT2D eigenvalue weighted by Crippen LogP contribution is 2.11. The Morgan fingerprint density at radius 3 is 2.39 bits per heavy atom. The van der Waals surface area contributed by atoms with Gasteiger partial charge in [0.15, 0.2) is 0 Å². The van der Waals surface area contributed by atoms with Crippen LogP contribution in [0.15, 0.2) is 0 Å². The Morgan fingerprint density at radius 1 is 0.944 bits per heavy atom. The van der Waals surface area contributed by atoms with Crippen molar-refractivity contribution < 1.29 is 14.3 Å². The van der Waals surface area contributed by atoms with Crippen molar-refractivity contribution in [2.75, 3.05) is 33.0 Å². The Morgan fingerprint density at radius 2 is 1.67 bits per heavy atom. The van der Waals surface area contributed by atoms with Gasteiger partial charge >= 0.3 is 0 Å². The van der Waals surface area contributed by atoms with Crippen LogP contribution in [0, 0.1) is 0 Å². The van der Waals surface area contributed by atoms with Crippen LogP contribution < -0.4 is 0 Å². The Kier molecular flexibility index (Phi) is 4.99. The van der Waals surface area contributed by atoms with E-state index in [-0.39, 0.29) is 11.8 Å². The number of rotatable bonds is 6. The molecule has 102 valence electrons. The summed E-state index contributed by atoms with van der Waals surface area (Å²) in [6, 6.07) is 0. The second kappa shape index (κ2) is 6.73. The molecule has 2 aliphatic heterocycles. The molecule has 2 saturated heterocycles. The van der Waals surface area contributed by atoms with E-state index in [4.69, 9.17) is 4.74 Å². The van der Waals surface area contributed by atoms with E-state index in [1.165, 1.54) is 0 Å². The Labute approximate surface area is 108 Å². The Balaban J connectivity index is 1.53. The Hall–Kier alpha value is -1.10. The zero-order valence-electron chi connectivity index (χ0n) is 10.9. The van der Waals surface area contributed by atoms with Crippen LogP contribution >= 0.6 is 0 Å². The minimum absolute atomic E-state index is 0.196. The fraction of sp³-hybridized carbons (Fsp3) is 0.846. The molecule has 5 nitrogen and oxygen atoms in total. The van der Waals surface area contributed by atoms with Gasteiger partial charge in [-0.05, 0) is 25.7 Å². The Bertz CT molecular complexity index is 307. The van der Waals surface area contributed by atoms with E-state index in [2.05, 4.69) is 0 Å². The quantitative estimate of drug-likeness (QED) is 0.664. The van der Waals surface area contributed by atoms with Crippen molar-refractivity contribution in [2.45, 2.75) is 38.5 Å². The summed E-state index contributed by atoms with van der Waals surface area (Å²) in [5.41, 5.74) is 0. The summed E-state index contributed by atoms with van der Waals surface area (Å²) < 4.78 is 5.48. The van der Waals surface area contributed by atoms with Gasteiger partial charge in [0.1, 0.15) is 6.73 Å². The van der Waals surface area contributed by atoms with E-state index >= 15 is 0 Å². The second-order valence-electron chi connectivity index (χ2n) is 4.99. The molecule has 0 aliphatic carbocycles. The van der Waals surface area contributed by atoms with E-state index in [9.17, 15) is 9.59 Å². The van der Waals surface area contributed by atoms with Gasteiger partial charge in [0.05, 0.1) is 6.61 Å². The van der Waals surface area contributed by atoms with Crippen molar-refractivity contribution in [1.82, 2.24) is 9.80 Å². The maximum Gasteiger partial charge on any atom is 0.224 e. The van der Waals surface area contributed by atoms with Crippen LogP contribution in [-0.4, -0.2) is 54.6 Å². The molecule has 0 atom stereocenters. The van der Waals surface area contributed by atoms with Gasteiger partial charge in [-0.3, -0.25) is 9.59 Å². The highest BCUT2D eigenvalue weighted by atomic mass is 16.5. The largest absolute Gasteiger partial charge is 0.361 e. The lowest BCUT2D eigenvalue weighted by Gasteiger charge is -2.26. The van der Waals surface area contributed by atoms with Crippen LogP contribution in [0.2, 0.25) is 0 Å². The molecule has 0 bridgehead atoms. The number of likely N-dealkylation sites (tertiary alicyclic amines) is 2. The summed E-state index contributed by atoms with van der Waals surface area (Å²) in [6.45, 7) is 3.53. The minimum Gasteiger partial charge on any atom is -0.361 e. The first-order valence-electron chi connectivity index (χ1n) is 6.90. The molecule has 0 aromatic heterocycles. The summed E-state index contributed by atoms with van der Waals surface area (Å²) in [5, 5.41) is 0. The van der Waals surface area contributed by atoms with Crippen molar-refractivity contribution in [3.05, 3.63) is 0 Å². The predicted octanol–water partition coefficient (Wildman–Crippen LogP) is 0.985. The number of amides is 2. The lowest BCUT2D eigenvalue weighted by atomic mass is 10.1. The standard InChI is InChI=1S/C13H22N2O3/c16-12-5-1-2-7-14(12)9-4-10-18-11-15-8-3-6-13(15)17/h1-11H2. The molecule has 0 aromatic carbocycles. The van der Waals surface area contributed by atoms with E-state index in [1.54, 1.807) is 4.90 Å². The van der Waals surface area contributed by atoms with Gasteiger partial charge in [-0.25, -0.2) is 0 Å². The van der Waals surface area contributed by atoms with Gasteiger partial charge in [-0.2, -0.15) is 0 Å². The number of hydrogen-bond acceptors (Lipinski definition) is 3. The topological polar surface area (TPSA) is 49.9 Å². The highest BCUT2D eigenvalue weighted by molar-refractivity contribution is 5.77. The third kappa shape index (κ3) is 3.70. The molecule has 2 fully saturated rings. The number of nitrogens with zero attached hydrogens (tertiary/aromatic N) is 2. The third-order valence-electron chi connectivity index (χ3n) is 3.56. The van der Waals surface area contributed by atoms with E-state index in [0.717, 1.165) is 45.3 Å². The van der Waals surface area contributed by atoms with Crippen molar-refractivity contribution >= 4 is 11.8 Å². The molecule has 0 unspecified atom stereocenters. The molecule has 2 aliphatic rings. The molecular formula is C13H22N2O3. The number of piperidine rings is 1. The summed E-state index contributed by atoms with van der Waals surface area (Å²) >= 11 is 0. The lowest BCUT2D eigenvalue weighted by Crippen LogP contribution is -2.36. The van der Waals surface area contributed by atoms with Crippen LogP contribution in [0.4, 0.5) is 0 Å². The van der Waals surface area contributed by atoms with Crippen LogP contribution in [0.5, 0.6) is 0 Å². The number of carbonyl (C=O) groups excluding carboxylic acids is 2. The van der Waals surface area contributed by atoms with Gasteiger partial charge in [-0.1, -0.05) is 0 Å². The first-order valence-corrected chi connectivity index (χ1v) is 6.90. The van der Waals surface area contributed by atoms with Gasteiger partial charge in [0.25, 0.3) is 0 Å². The van der Waals surface area contributed by atoms with Crippen LogP contribution in [0.1, 0.15) is 38.5 Å². The number of hydrogen-bond donors (Lipinski definition) is 0. The van der Waals surface area contributed by atoms with Gasteiger partial charge in [0, 0.05) is 32.5 Å². The molecule has 2 amide bonds. The summed E-state index contributed by atoms with van der Waals surface area (Å²) in [4.78, 5) is 26.5. The smallest absolute Gasteiger partial charge is 0.224 e. The SMILES string of the molecule is O=C1CCCCN1CCCOCN1CCCC1=O. The molecule has 18 heavy (non-hydrogen) atoms. The van der Waals surface area contributed by atoms with Crippen molar-refractivity contribution in [3.8, 4) is 0 Å². The molecule has 0 saturated carbocycles. The molecular weight excluding hydrogens is 232 g/mol. The molecule has 0 N–H and O–H groups in total. The predicted molar refractivity (Wildman–Crippen MR) is 66.8 cm³/mol. The third-order valence-corrected chi connectivity index (χ3v) is 3.56. The zero-order valence-corrected chi connectivity index (χ0v) is 10.9. The average Bonchev–Trinajstić information content (AvgIpc) is 2.77. The van der Waals surface area contributed by atoms with E-state index in [1.807, 2.05) is 4.90 Å². The first-order chi connectivity index (χ1) is 8.77. The number of carbonyl (C=O) groups is 2. The summed E-state index contributed by atoms with van der Waals surface area (Å²) in [7, 11) is 0. The van der Waals surface area contributed by atoms with Crippen molar-refractivity contribution in [2.24, 2.45) is 0 Å². The lowest BCUT2D eigenvalue weighted by molar-refractivity contribution is -0.133. The summed E-state index contributed by atoms with van der Waals surface area (Å²) in [5.74, 6) is 0.470. The van der Waals surface area contributed by atoms with Crippen molar-refractivity contribution in [1.29, 1.82) is 0 Å². The van der Waals surface area contributed by atoms with Crippen LogP contribution in [0.3, 0.4) is 0 Å². The van der Waals surface area contributed by atoms with E-state index < -0.39 is 0 Å². The normalized spacial score (nSPS) is 20.9. The monoisotopic (exact) mass is 254 g/mol. The minimum atomic E-state index is 0.196. The van der Waals surface area contributed by atoms with Gasteiger partial charge in [-0.15, -0.1) is 0 Å². The molecule has 2 rings (SSSR count). The first kappa shape index (κ1) is 13.3. The average molecular weight is 254 g/mol. The molecule has 0 aromatic rings. The fourth-order valence-electron chi connectivity index (χ4n) is 2.47. The molecule has 5 heteroatoms. The van der Waals surface area contributed by atoms with Gasteiger partial charge < -0.3 is 14.5 Å². The molecule has 0 spiro atoms.